The van der Waals surface area contributed by atoms with E-state index in [0.29, 0.717) is 18.8 Å². The maximum atomic E-state index is 14.0. The van der Waals surface area contributed by atoms with Gasteiger partial charge in [0.1, 0.15) is 5.82 Å². The molecule has 0 heterocycles. The van der Waals surface area contributed by atoms with Gasteiger partial charge in [-0.15, -0.1) is 0 Å². The predicted molar refractivity (Wildman–Crippen MR) is 73.4 cm³/mol. The molecule has 0 radical (unpaired) electrons. The normalized spacial score (nSPS) is 10.7. The lowest BCUT2D eigenvalue weighted by atomic mass is 10.1. The number of benzene rings is 1. The molecule has 0 saturated carbocycles. The third-order valence-electron chi connectivity index (χ3n) is 2.89. The number of rotatable bonds is 8. The Bertz CT molecular complexity index is 358. The molecule has 0 saturated heterocycles. The van der Waals surface area contributed by atoms with Crippen LogP contribution < -0.4 is 10.2 Å². The number of aliphatic hydroxyl groups excluding tert-OH is 1. The highest BCUT2D eigenvalue weighted by molar-refractivity contribution is 5.49. The second kappa shape index (κ2) is 8.06. The molecule has 1 aromatic carbocycles. The first-order valence-corrected chi connectivity index (χ1v) is 6.51. The van der Waals surface area contributed by atoms with E-state index in [1.165, 1.54) is 0 Å². The molecule has 1 aromatic rings. The molecule has 18 heavy (non-hydrogen) atoms. The number of nitrogens with zero attached hydrogens (tertiary/aromatic N) is 1. The minimum Gasteiger partial charge on any atom is -0.395 e. The van der Waals surface area contributed by atoms with Gasteiger partial charge in [-0.3, -0.25) is 0 Å². The summed E-state index contributed by atoms with van der Waals surface area (Å²) in [5.74, 6) is -0.215. The van der Waals surface area contributed by atoms with Crippen molar-refractivity contribution in [2.24, 2.45) is 0 Å². The van der Waals surface area contributed by atoms with Gasteiger partial charge in [0.2, 0.25) is 0 Å². The van der Waals surface area contributed by atoms with Crippen LogP contribution in [-0.2, 0) is 6.54 Å². The van der Waals surface area contributed by atoms with Crippen molar-refractivity contribution >= 4 is 5.69 Å². The van der Waals surface area contributed by atoms with Gasteiger partial charge in [0.15, 0.2) is 0 Å². The smallest absolute Gasteiger partial charge is 0.146 e. The highest BCUT2D eigenvalue weighted by Gasteiger charge is 2.11. The molecule has 0 aliphatic carbocycles. The highest BCUT2D eigenvalue weighted by atomic mass is 19.1. The summed E-state index contributed by atoms with van der Waals surface area (Å²) in [5, 5.41) is 12.1. The number of anilines is 1. The molecule has 2 N–H and O–H groups in total. The molecule has 0 fully saturated rings. The summed E-state index contributed by atoms with van der Waals surface area (Å²) in [6.45, 7) is 4.05. The summed E-state index contributed by atoms with van der Waals surface area (Å²) < 4.78 is 14.0. The van der Waals surface area contributed by atoms with Crippen molar-refractivity contribution < 1.29 is 9.50 Å². The number of hydrogen-bond acceptors (Lipinski definition) is 3. The summed E-state index contributed by atoms with van der Waals surface area (Å²) in [5.41, 5.74) is 1.51. The molecule has 3 nitrogen and oxygen atoms in total. The maximum Gasteiger partial charge on any atom is 0.146 e. The molecule has 0 aliphatic heterocycles. The zero-order chi connectivity index (χ0) is 13.4. The quantitative estimate of drug-likeness (QED) is 0.746. The Kier molecular flexibility index (Phi) is 6.68. The Morgan fingerprint density at radius 1 is 1.33 bits per heavy atom. The Hall–Kier alpha value is -1.13. The Labute approximate surface area is 109 Å². The number of aliphatic hydroxyl groups is 1. The van der Waals surface area contributed by atoms with Crippen molar-refractivity contribution in [3.63, 3.8) is 0 Å². The van der Waals surface area contributed by atoms with Crippen LogP contribution in [0.3, 0.4) is 0 Å². The minimum absolute atomic E-state index is 0.0431. The van der Waals surface area contributed by atoms with Gasteiger partial charge in [0.05, 0.1) is 12.3 Å². The molecule has 0 aromatic heterocycles. The van der Waals surface area contributed by atoms with E-state index in [9.17, 15) is 4.39 Å². The van der Waals surface area contributed by atoms with Gasteiger partial charge in [0, 0.05) is 19.6 Å². The van der Waals surface area contributed by atoms with E-state index in [4.69, 9.17) is 5.11 Å². The molecule has 0 spiro atoms. The van der Waals surface area contributed by atoms with E-state index < -0.39 is 0 Å². The summed E-state index contributed by atoms with van der Waals surface area (Å²) in [6.07, 6.45) is 2.05. The first kappa shape index (κ1) is 14.9. The number of nitrogens with one attached hydrogen (secondary N) is 1. The zero-order valence-electron chi connectivity index (χ0n) is 11.2. The molecule has 0 amide bonds. The fourth-order valence-corrected chi connectivity index (χ4v) is 1.94. The molecular formula is C14H23FN2O. The van der Waals surface area contributed by atoms with Crippen LogP contribution in [0.4, 0.5) is 10.1 Å². The highest BCUT2D eigenvalue weighted by Crippen LogP contribution is 2.21. The largest absolute Gasteiger partial charge is 0.395 e. The fourth-order valence-electron chi connectivity index (χ4n) is 1.94. The molecule has 0 atom stereocenters. The monoisotopic (exact) mass is 254 g/mol. The number of unbranched alkanes of at least 4 members (excludes halogenated alkanes) is 1. The first-order valence-electron chi connectivity index (χ1n) is 6.51. The van der Waals surface area contributed by atoms with Crippen LogP contribution >= 0.6 is 0 Å². The van der Waals surface area contributed by atoms with E-state index in [-0.39, 0.29) is 12.4 Å². The Balaban J connectivity index is 2.83. The topological polar surface area (TPSA) is 35.5 Å². The summed E-state index contributed by atoms with van der Waals surface area (Å²) in [7, 11) is 1.84. The first-order chi connectivity index (χ1) is 8.72. The molecule has 0 aliphatic rings. The van der Waals surface area contributed by atoms with Crippen molar-refractivity contribution in [2.45, 2.75) is 26.3 Å². The second-order valence-electron chi connectivity index (χ2n) is 4.38. The third-order valence-corrected chi connectivity index (χ3v) is 2.89. The molecular weight excluding hydrogens is 231 g/mol. The van der Waals surface area contributed by atoms with Gasteiger partial charge in [0.25, 0.3) is 0 Å². The fraction of sp³-hybridized carbons (Fsp3) is 0.571. The third kappa shape index (κ3) is 4.27. The molecule has 4 heteroatoms. The van der Waals surface area contributed by atoms with Gasteiger partial charge in [-0.25, -0.2) is 4.39 Å². The Morgan fingerprint density at radius 2 is 2.11 bits per heavy atom. The van der Waals surface area contributed by atoms with Gasteiger partial charge < -0.3 is 15.3 Å². The van der Waals surface area contributed by atoms with E-state index in [1.54, 1.807) is 12.1 Å². The second-order valence-corrected chi connectivity index (χ2v) is 4.38. The van der Waals surface area contributed by atoms with Crippen molar-refractivity contribution in [2.75, 3.05) is 31.6 Å². The van der Waals surface area contributed by atoms with Crippen LogP contribution in [0.2, 0.25) is 0 Å². The average molecular weight is 254 g/mol. The summed E-state index contributed by atoms with van der Waals surface area (Å²) >= 11 is 0. The van der Waals surface area contributed by atoms with E-state index in [2.05, 4.69) is 12.2 Å². The SMILES string of the molecule is CCCCN(CCO)c1ccc(CNC)cc1F. The van der Waals surface area contributed by atoms with E-state index in [1.807, 2.05) is 18.0 Å². The minimum atomic E-state index is -0.215. The van der Waals surface area contributed by atoms with Gasteiger partial charge in [-0.05, 0) is 31.2 Å². The van der Waals surface area contributed by atoms with Crippen LogP contribution in [0.25, 0.3) is 0 Å². The van der Waals surface area contributed by atoms with Crippen LogP contribution in [0.5, 0.6) is 0 Å². The lowest BCUT2D eigenvalue weighted by molar-refractivity contribution is 0.301. The predicted octanol–water partition coefficient (Wildman–Crippen LogP) is 2.14. The van der Waals surface area contributed by atoms with E-state index >= 15 is 0 Å². The lowest BCUT2D eigenvalue weighted by Gasteiger charge is -2.24. The molecule has 1 rings (SSSR count). The lowest BCUT2D eigenvalue weighted by Crippen LogP contribution is -2.28. The number of halogens is 1. The van der Waals surface area contributed by atoms with Crippen molar-refractivity contribution in [3.05, 3.63) is 29.6 Å². The van der Waals surface area contributed by atoms with Crippen molar-refractivity contribution in [3.8, 4) is 0 Å². The van der Waals surface area contributed by atoms with Crippen molar-refractivity contribution in [1.29, 1.82) is 0 Å². The zero-order valence-corrected chi connectivity index (χ0v) is 11.2. The summed E-state index contributed by atoms with van der Waals surface area (Å²) in [6, 6.07) is 5.28. The van der Waals surface area contributed by atoms with E-state index in [0.717, 1.165) is 24.9 Å². The van der Waals surface area contributed by atoms with Crippen LogP contribution in [0.15, 0.2) is 18.2 Å². The van der Waals surface area contributed by atoms with Gasteiger partial charge in [-0.2, -0.15) is 0 Å². The van der Waals surface area contributed by atoms with Crippen molar-refractivity contribution in [1.82, 2.24) is 5.32 Å². The molecule has 0 unspecified atom stereocenters. The standard InChI is InChI=1S/C14H23FN2O/c1-3-4-7-17(8-9-18)14-6-5-12(11-16-2)10-13(14)15/h5-6,10,16,18H,3-4,7-9,11H2,1-2H3. The van der Waals surface area contributed by atoms with Gasteiger partial charge in [-0.1, -0.05) is 19.4 Å². The summed E-state index contributed by atoms with van der Waals surface area (Å²) in [4.78, 5) is 1.90. The van der Waals surface area contributed by atoms with Crippen LogP contribution in [-0.4, -0.2) is 31.9 Å². The maximum absolute atomic E-state index is 14.0. The number of hydrogen-bond donors (Lipinski definition) is 2. The van der Waals surface area contributed by atoms with Crippen LogP contribution in [0.1, 0.15) is 25.3 Å². The Morgan fingerprint density at radius 3 is 2.67 bits per heavy atom. The molecule has 0 bridgehead atoms. The van der Waals surface area contributed by atoms with Crippen LogP contribution in [0, 0.1) is 5.82 Å². The average Bonchev–Trinajstić information content (AvgIpc) is 2.35. The molecule has 102 valence electrons. The van der Waals surface area contributed by atoms with Gasteiger partial charge >= 0.3 is 0 Å².